The lowest BCUT2D eigenvalue weighted by molar-refractivity contribution is -0.134. The van der Waals surface area contributed by atoms with Crippen LogP contribution < -0.4 is 5.32 Å². The molecular weight excluding hydrogens is 628 g/mol. The van der Waals surface area contributed by atoms with Crippen LogP contribution in [0.2, 0.25) is 0 Å². The first-order valence-electron chi connectivity index (χ1n) is 17.6. The van der Waals surface area contributed by atoms with Gasteiger partial charge in [0, 0.05) is 79.1 Å². The Balaban J connectivity index is 0.880. The Hall–Kier alpha value is -5.00. The van der Waals surface area contributed by atoms with Crippen LogP contribution in [0.1, 0.15) is 55.2 Å². The van der Waals surface area contributed by atoms with E-state index in [4.69, 9.17) is 4.74 Å². The molecule has 5 aromatic rings. The first kappa shape index (κ1) is 32.2. The molecule has 2 amide bonds. The van der Waals surface area contributed by atoms with Gasteiger partial charge in [-0.15, -0.1) is 0 Å². The molecule has 1 aliphatic carbocycles. The first-order valence-corrected chi connectivity index (χ1v) is 17.6. The quantitative estimate of drug-likeness (QED) is 0.195. The number of anilines is 1. The molecule has 2 aliphatic heterocycles. The molecular formula is C39H42N8O3. The van der Waals surface area contributed by atoms with Gasteiger partial charge in [0.25, 0.3) is 0 Å². The Kier molecular flexibility index (Phi) is 8.84. The highest BCUT2D eigenvalue weighted by atomic mass is 16.5. The molecule has 11 heteroatoms. The smallest absolute Gasteiger partial charge is 0.236 e. The molecule has 8 rings (SSSR count). The van der Waals surface area contributed by atoms with E-state index in [0.29, 0.717) is 43.6 Å². The average molecular weight is 671 g/mol. The van der Waals surface area contributed by atoms with E-state index in [1.54, 1.807) is 19.5 Å². The predicted molar refractivity (Wildman–Crippen MR) is 191 cm³/mol. The minimum Gasteiger partial charge on any atom is -0.384 e. The number of methoxy groups -OCH3 is 1. The molecule has 0 unspecified atom stereocenters. The van der Waals surface area contributed by atoms with Crippen LogP contribution >= 0.6 is 0 Å². The third kappa shape index (κ3) is 6.63. The summed E-state index contributed by atoms with van der Waals surface area (Å²) in [4.78, 5) is 44.7. The minimum absolute atomic E-state index is 0.0933. The lowest BCUT2D eigenvalue weighted by Crippen LogP contribution is -2.46. The summed E-state index contributed by atoms with van der Waals surface area (Å²) in [5, 5.41) is 11.9. The number of rotatable bonds is 10. The number of carbonyl (C=O) groups is 2. The van der Waals surface area contributed by atoms with Crippen molar-refractivity contribution >= 4 is 28.4 Å². The topological polar surface area (TPSA) is 129 Å². The largest absolute Gasteiger partial charge is 0.384 e. The van der Waals surface area contributed by atoms with E-state index in [1.165, 1.54) is 18.4 Å². The van der Waals surface area contributed by atoms with Crippen molar-refractivity contribution in [2.24, 2.45) is 5.41 Å². The average Bonchev–Trinajstić information content (AvgIpc) is 3.81. The maximum Gasteiger partial charge on any atom is 0.236 e. The second-order valence-electron chi connectivity index (χ2n) is 14.1. The number of aromatic nitrogens is 5. The Morgan fingerprint density at radius 1 is 0.900 bits per heavy atom. The van der Waals surface area contributed by atoms with E-state index in [2.05, 4.69) is 65.7 Å². The molecule has 3 aromatic heterocycles. The molecule has 3 fully saturated rings. The number of amides is 2. The number of nitrogens with one attached hydrogen (secondary N) is 2. The van der Waals surface area contributed by atoms with Gasteiger partial charge in [-0.05, 0) is 86.5 Å². The molecule has 0 bridgehead atoms. The van der Waals surface area contributed by atoms with Crippen LogP contribution in [0.4, 0.5) is 5.69 Å². The van der Waals surface area contributed by atoms with Gasteiger partial charge >= 0.3 is 0 Å². The Labute approximate surface area is 291 Å². The van der Waals surface area contributed by atoms with Crippen LogP contribution in [0.3, 0.4) is 0 Å². The van der Waals surface area contributed by atoms with Crippen LogP contribution in [0, 0.1) is 5.41 Å². The van der Waals surface area contributed by atoms with E-state index in [9.17, 15) is 9.59 Å². The summed E-state index contributed by atoms with van der Waals surface area (Å²) in [6, 6.07) is 20.2. The van der Waals surface area contributed by atoms with Gasteiger partial charge in [-0.25, -0.2) is 9.97 Å². The number of fused-ring (bicyclic) bond motifs is 1. The molecule has 2 saturated heterocycles. The number of aromatic amines is 1. The molecule has 0 radical (unpaired) electrons. The van der Waals surface area contributed by atoms with Crippen molar-refractivity contribution in [2.75, 3.05) is 51.8 Å². The molecule has 3 aliphatic rings. The highest BCUT2D eigenvalue weighted by Gasteiger charge is 2.45. The summed E-state index contributed by atoms with van der Waals surface area (Å²) < 4.78 is 5.60. The molecule has 5 heterocycles. The van der Waals surface area contributed by atoms with Gasteiger partial charge in [0.05, 0.1) is 24.1 Å². The molecule has 256 valence electrons. The van der Waals surface area contributed by atoms with Gasteiger partial charge < -0.3 is 15.0 Å². The summed E-state index contributed by atoms with van der Waals surface area (Å²) in [5.41, 5.74) is 6.12. The molecule has 2 aromatic carbocycles. The van der Waals surface area contributed by atoms with Crippen LogP contribution in [0.5, 0.6) is 0 Å². The van der Waals surface area contributed by atoms with Crippen molar-refractivity contribution in [3.05, 3.63) is 90.5 Å². The van der Waals surface area contributed by atoms with Crippen molar-refractivity contribution in [3.63, 3.8) is 0 Å². The highest BCUT2D eigenvalue weighted by molar-refractivity contribution is 6.00. The molecule has 2 N–H and O–H groups in total. The zero-order chi connectivity index (χ0) is 34.1. The van der Waals surface area contributed by atoms with Gasteiger partial charge in [-0.1, -0.05) is 24.3 Å². The second kappa shape index (κ2) is 13.7. The summed E-state index contributed by atoms with van der Waals surface area (Å²) in [5.74, 6) is 1.71. The maximum absolute atomic E-state index is 13.9. The minimum atomic E-state index is -0.753. The Morgan fingerprint density at radius 3 is 2.46 bits per heavy atom. The molecule has 1 saturated carbocycles. The van der Waals surface area contributed by atoms with Gasteiger partial charge in [0.15, 0.2) is 5.82 Å². The summed E-state index contributed by atoms with van der Waals surface area (Å²) in [6.45, 7) is 3.16. The molecule has 0 spiro atoms. The second-order valence-corrected chi connectivity index (χ2v) is 14.1. The first-order chi connectivity index (χ1) is 24.5. The van der Waals surface area contributed by atoms with Crippen molar-refractivity contribution in [2.45, 2.75) is 43.9 Å². The lowest BCUT2D eigenvalue weighted by atomic mass is 9.86. The van der Waals surface area contributed by atoms with E-state index in [-0.39, 0.29) is 18.4 Å². The number of H-pyrrole nitrogens is 1. The standard InChI is InChI=1S/C39H42N8O3/c1-50-25-39(38(49)43-31-9-10-33-32(22-31)36(45-44-33)30-11-17-40-34(21-30)28-5-6-28)14-20-46(24-39)23-35(48)47-18-12-27(13-19-47)26-3-7-29(8-4-26)37-41-15-2-16-42-37/h2-4,7-11,15-17,21-22,27-28H,5-6,12-14,18-20,23-25H2,1H3,(H,43,49)(H,44,45)/t39-/m1/s1. The van der Waals surface area contributed by atoms with Gasteiger partial charge in [0.1, 0.15) is 5.69 Å². The number of nitrogens with zero attached hydrogens (tertiary/aromatic N) is 6. The number of carbonyl (C=O) groups excluding carboxylic acids is 2. The van der Waals surface area contributed by atoms with Crippen molar-refractivity contribution < 1.29 is 14.3 Å². The van der Waals surface area contributed by atoms with Crippen molar-refractivity contribution in [1.82, 2.24) is 34.9 Å². The fraction of sp³-hybridized carbons (Fsp3) is 0.385. The third-order valence-corrected chi connectivity index (χ3v) is 10.6. The number of pyridine rings is 1. The number of hydrogen-bond acceptors (Lipinski definition) is 8. The van der Waals surface area contributed by atoms with Crippen LogP contribution in [0.15, 0.2) is 79.3 Å². The normalized spacial score (nSPS) is 20.0. The number of ether oxygens (including phenoxy) is 1. The van der Waals surface area contributed by atoms with E-state index >= 15 is 0 Å². The molecule has 11 nitrogen and oxygen atoms in total. The Bertz CT molecular complexity index is 1990. The zero-order valence-electron chi connectivity index (χ0n) is 28.3. The van der Waals surface area contributed by atoms with Gasteiger partial charge in [-0.3, -0.25) is 24.6 Å². The summed E-state index contributed by atoms with van der Waals surface area (Å²) in [7, 11) is 1.63. The van der Waals surface area contributed by atoms with Gasteiger partial charge in [0.2, 0.25) is 11.8 Å². The van der Waals surface area contributed by atoms with Crippen LogP contribution in [-0.2, 0) is 14.3 Å². The highest BCUT2D eigenvalue weighted by Crippen LogP contribution is 2.40. The van der Waals surface area contributed by atoms with E-state index < -0.39 is 5.41 Å². The predicted octanol–water partition coefficient (Wildman–Crippen LogP) is 5.64. The molecule has 1 atom stereocenters. The number of likely N-dealkylation sites (tertiary alicyclic amines) is 2. The van der Waals surface area contributed by atoms with E-state index in [0.717, 1.165) is 65.2 Å². The number of piperidine rings is 1. The third-order valence-electron chi connectivity index (χ3n) is 10.6. The van der Waals surface area contributed by atoms with Crippen LogP contribution in [-0.4, -0.2) is 93.2 Å². The number of benzene rings is 2. The molecule has 50 heavy (non-hydrogen) atoms. The maximum atomic E-state index is 13.9. The van der Waals surface area contributed by atoms with Crippen LogP contribution in [0.25, 0.3) is 33.5 Å². The zero-order valence-corrected chi connectivity index (χ0v) is 28.3. The summed E-state index contributed by atoms with van der Waals surface area (Å²) >= 11 is 0. The lowest BCUT2D eigenvalue weighted by Gasteiger charge is -2.33. The number of hydrogen-bond donors (Lipinski definition) is 2. The fourth-order valence-corrected chi connectivity index (χ4v) is 7.62. The summed E-state index contributed by atoms with van der Waals surface area (Å²) in [6.07, 6.45) is 10.2. The Morgan fingerprint density at radius 2 is 1.70 bits per heavy atom. The van der Waals surface area contributed by atoms with E-state index in [1.807, 2.05) is 41.4 Å². The van der Waals surface area contributed by atoms with Gasteiger partial charge in [-0.2, -0.15) is 5.10 Å². The van der Waals surface area contributed by atoms with Crippen molar-refractivity contribution in [3.8, 4) is 22.6 Å². The SMILES string of the molecule is COC[C@@]1(C(=O)Nc2ccc3[nH]nc(-c4ccnc(C5CC5)c4)c3c2)CCN(CC(=O)N2CCC(c3ccc(-c4ncccn4)cc3)CC2)C1. The fourth-order valence-electron chi connectivity index (χ4n) is 7.62. The van der Waals surface area contributed by atoms with Crippen molar-refractivity contribution in [1.29, 1.82) is 0 Å². The monoisotopic (exact) mass is 670 g/mol.